The normalized spacial score (nSPS) is 14.6. The maximum absolute atomic E-state index is 12.6. The number of nitrogens with zero attached hydrogens (tertiary/aromatic N) is 4. The first-order chi connectivity index (χ1) is 16.9. The highest BCUT2D eigenvalue weighted by Gasteiger charge is 2.24. The molecule has 182 valence electrons. The summed E-state index contributed by atoms with van der Waals surface area (Å²) < 4.78 is 5.49. The van der Waals surface area contributed by atoms with Crippen LogP contribution < -0.4 is 9.64 Å². The van der Waals surface area contributed by atoms with E-state index in [0.29, 0.717) is 22.8 Å². The summed E-state index contributed by atoms with van der Waals surface area (Å²) in [4.78, 5) is 33.6. The lowest BCUT2D eigenvalue weighted by atomic mass is 9.97. The van der Waals surface area contributed by atoms with Gasteiger partial charge in [-0.2, -0.15) is 0 Å². The molecule has 9 nitrogen and oxygen atoms in total. The number of imidazole rings is 1. The number of aliphatic hydroxyl groups is 1. The largest absolute Gasteiger partial charge is 0.491 e. The highest BCUT2D eigenvalue weighted by atomic mass is 16.5. The number of likely N-dealkylation sites (N-methyl/N-ethyl adjacent to an activating group) is 1. The predicted octanol–water partition coefficient (Wildman–Crippen LogP) is 3.25. The zero-order valence-electron chi connectivity index (χ0n) is 20.3. The van der Waals surface area contributed by atoms with Crippen LogP contribution in [0.2, 0.25) is 0 Å². The number of hydrogen-bond acceptors (Lipinski definition) is 7. The van der Waals surface area contributed by atoms with Crippen molar-refractivity contribution in [2.45, 2.75) is 13.8 Å². The monoisotopic (exact) mass is 474 g/mol. The van der Waals surface area contributed by atoms with Gasteiger partial charge >= 0.3 is 0 Å². The number of aryl methyl sites for hydroxylation is 1. The summed E-state index contributed by atoms with van der Waals surface area (Å²) in [5.74, 6) is 2.20. The summed E-state index contributed by atoms with van der Waals surface area (Å²) >= 11 is 0. The van der Waals surface area contributed by atoms with Gasteiger partial charge in [-0.25, -0.2) is 9.97 Å². The van der Waals surface area contributed by atoms with E-state index in [4.69, 9.17) is 19.8 Å². The number of pyridine rings is 1. The Balaban J connectivity index is 1.54. The van der Waals surface area contributed by atoms with Crippen LogP contribution in [-0.2, 0) is 0 Å². The molecule has 1 fully saturated rings. The topological polar surface area (TPSA) is 110 Å². The van der Waals surface area contributed by atoms with Crippen LogP contribution in [0, 0.1) is 6.92 Å². The number of aromatic nitrogens is 4. The Kier molecular flexibility index (Phi) is 6.27. The number of aromatic amines is 2. The number of ether oxygens (including phenoxy) is 1. The Hall–Kier alpha value is -3.69. The van der Waals surface area contributed by atoms with Crippen LogP contribution in [0.5, 0.6) is 5.75 Å². The molecule has 1 aromatic carbocycles. The zero-order chi connectivity index (χ0) is 24.5. The second kappa shape index (κ2) is 9.52. The van der Waals surface area contributed by atoms with Crippen LogP contribution in [0.4, 0.5) is 5.82 Å². The van der Waals surface area contributed by atoms with E-state index in [2.05, 4.69) is 26.8 Å². The molecule has 0 unspecified atom stereocenters. The van der Waals surface area contributed by atoms with Gasteiger partial charge in [-0.3, -0.25) is 4.79 Å². The van der Waals surface area contributed by atoms with Gasteiger partial charge < -0.3 is 29.6 Å². The molecule has 35 heavy (non-hydrogen) atoms. The molecular weight excluding hydrogens is 444 g/mol. The Bertz CT molecular complexity index is 1350. The average Bonchev–Trinajstić information content (AvgIpc) is 3.44. The number of fused-ring (bicyclic) bond motifs is 1. The minimum Gasteiger partial charge on any atom is -0.491 e. The van der Waals surface area contributed by atoms with Crippen LogP contribution in [0.1, 0.15) is 23.0 Å². The molecule has 4 aromatic rings. The fourth-order valence-electron chi connectivity index (χ4n) is 4.63. The number of hydrogen-bond donors (Lipinski definition) is 3. The van der Waals surface area contributed by atoms with Crippen molar-refractivity contribution in [2.75, 3.05) is 51.3 Å². The third-order valence-electron chi connectivity index (χ3n) is 6.44. The molecule has 3 N–H and O–H groups in total. The Morgan fingerprint density at radius 1 is 1.06 bits per heavy atom. The first kappa shape index (κ1) is 23.1. The van der Waals surface area contributed by atoms with Crippen molar-refractivity contribution >= 4 is 22.8 Å². The van der Waals surface area contributed by atoms with E-state index in [-0.39, 0.29) is 19.0 Å². The number of ketones is 1. The maximum atomic E-state index is 12.6. The number of aliphatic hydroxyl groups excluding tert-OH is 1. The first-order valence-corrected chi connectivity index (χ1v) is 11.8. The van der Waals surface area contributed by atoms with Crippen molar-refractivity contribution in [3.05, 3.63) is 47.7 Å². The van der Waals surface area contributed by atoms with Gasteiger partial charge in [0.15, 0.2) is 17.3 Å². The van der Waals surface area contributed by atoms with Crippen LogP contribution in [0.15, 0.2) is 36.4 Å². The van der Waals surface area contributed by atoms with Crippen molar-refractivity contribution < 1.29 is 14.6 Å². The number of carbonyl (C=O) groups is 1. The summed E-state index contributed by atoms with van der Waals surface area (Å²) in [5.41, 5.74) is 5.32. The Morgan fingerprint density at radius 2 is 1.80 bits per heavy atom. The molecule has 0 saturated carbocycles. The second-order valence-electron chi connectivity index (χ2n) is 8.94. The van der Waals surface area contributed by atoms with E-state index < -0.39 is 0 Å². The van der Waals surface area contributed by atoms with Crippen LogP contribution in [0.3, 0.4) is 0 Å². The molecule has 3 aromatic heterocycles. The quantitative estimate of drug-likeness (QED) is 0.353. The van der Waals surface area contributed by atoms with Crippen molar-refractivity contribution in [3.8, 4) is 28.4 Å². The molecule has 9 heteroatoms. The minimum absolute atomic E-state index is 0.0211. The molecule has 1 aliphatic rings. The molecule has 5 rings (SSSR count). The lowest BCUT2D eigenvalue weighted by Gasteiger charge is -2.33. The molecule has 4 heterocycles. The van der Waals surface area contributed by atoms with E-state index in [1.165, 1.54) is 0 Å². The van der Waals surface area contributed by atoms with Gasteiger partial charge in [-0.1, -0.05) is 12.1 Å². The fourth-order valence-corrected chi connectivity index (χ4v) is 4.63. The molecule has 0 radical (unpaired) electrons. The van der Waals surface area contributed by atoms with E-state index in [0.717, 1.165) is 60.0 Å². The molecule has 0 atom stereocenters. The van der Waals surface area contributed by atoms with Gasteiger partial charge in [0.2, 0.25) is 0 Å². The summed E-state index contributed by atoms with van der Waals surface area (Å²) in [6.07, 6.45) is 0. The summed E-state index contributed by atoms with van der Waals surface area (Å²) in [6, 6.07) is 11.5. The number of rotatable bonds is 7. The van der Waals surface area contributed by atoms with Gasteiger partial charge in [0.1, 0.15) is 18.2 Å². The first-order valence-electron chi connectivity index (χ1n) is 11.8. The molecule has 0 spiro atoms. The van der Waals surface area contributed by atoms with Crippen molar-refractivity contribution in [2.24, 2.45) is 0 Å². The number of anilines is 1. The van der Waals surface area contributed by atoms with E-state index in [1.54, 1.807) is 6.92 Å². The zero-order valence-corrected chi connectivity index (χ0v) is 20.3. The van der Waals surface area contributed by atoms with Gasteiger partial charge in [0, 0.05) is 43.0 Å². The lowest BCUT2D eigenvalue weighted by Crippen LogP contribution is -2.44. The Labute approximate surface area is 203 Å². The van der Waals surface area contributed by atoms with Crippen LogP contribution in [-0.4, -0.2) is 82.2 Å². The number of Topliss-reactive ketones (excluding diaryl/α,β-unsaturated/α-hetero) is 1. The highest BCUT2D eigenvalue weighted by molar-refractivity contribution is 6.05. The molecule has 0 bridgehead atoms. The van der Waals surface area contributed by atoms with Crippen molar-refractivity contribution in [1.82, 2.24) is 24.8 Å². The fraction of sp³-hybridized carbons (Fsp3) is 0.346. The maximum Gasteiger partial charge on any atom is 0.180 e. The third kappa shape index (κ3) is 4.52. The molecule has 1 aliphatic heterocycles. The standard InChI is InChI=1S/C26H30N6O3/c1-16-22(17(2)34)23(18-4-6-19(7-5-18)35-15-14-33)24(27-16)26-28-20-8-9-21(29-25(20)30-26)32-12-10-31(3)11-13-32/h4-9,27,33H,10-15H2,1-3H3,(H,28,29,30). The van der Waals surface area contributed by atoms with Gasteiger partial charge in [0.05, 0.1) is 17.8 Å². The molecular formula is C26H30N6O3. The van der Waals surface area contributed by atoms with Crippen LogP contribution in [0.25, 0.3) is 33.8 Å². The predicted molar refractivity (Wildman–Crippen MR) is 136 cm³/mol. The number of piperazine rings is 1. The smallest absolute Gasteiger partial charge is 0.180 e. The van der Waals surface area contributed by atoms with Crippen LogP contribution >= 0.6 is 0 Å². The van der Waals surface area contributed by atoms with E-state index in [1.807, 2.05) is 43.3 Å². The van der Waals surface area contributed by atoms with E-state index >= 15 is 0 Å². The molecule has 0 amide bonds. The van der Waals surface area contributed by atoms with E-state index in [9.17, 15) is 4.79 Å². The Morgan fingerprint density at radius 3 is 2.49 bits per heavy atom. The van der Waals surface area contributed by atoms with Gasteiger partial charge in [-0.15, -0.1) is 0 Å². The average molecular weight is 475 g/mol. The second-order valence-corrected chi connectivity index (χ2v) is 8.94. The SMILES string of the molecule is CC(=O)c1c(C)[nH]c(-c2nc3nc(N4CCN(C)CC4)ccc3[nH]2)c1-c1ccc(OCCO)cc1. The summed E-state index contributed by atoms with van der Waals surface area (Å²) in [7, 11) is 2.13. The molecule has 1 saturated heterocycles. The number of benzene rings is 1. The van der Waals surface area contributed by atoms with Crippen molar-refractivity contribution in [3.63, 3.8) is 0 Å². The number of nitrogens with one attached hydrogen (secondary N) is 2. The van der Waals surface area contributed by atoms with Gasteiger partial charge in [-0.05, 0) is 50.7 Å². The third-order valence-corrected chi connectivity index (χ3v) is 6.44. The number of carbonyl (C=O) groups excluding carboxylic acids is 1. The molecule has 0 aliphatic carbocycles. The highest BCUT2D eigenvalue weighted by Crippen LogP contribution is 2.37. The lowest BCUT2D eigenvalue weighted by molar-refractivity contribution is 0.101. The minimum atomic E-state index is -0.0476. The summed E-state index contributed by atoms with van der Waals surface area (Å²) in [5, 5.41) is 9.00. The number of H-pyrrole nitrogens is 2. The van der Waals surface area contributed by atoms with Crippen molar-refractivity contribution in [1.29, 1.82) is 0 Å². The summed E-state index contributed by atoms with van der Waals surface area (Å²) in [6.45, 7) is 7.54. The van der Waals surface area contributed by atoms with Gasteiger partial charge in [0.25, 0.3) is 0 Å².